The van der Waals surface area contributed by atoms with Gasteiger partial charge < -0.3 is 16.0 Å². The molecule has 3 N–H and O–H groups in total. The summed E-state index contributed by atoms with van der Waals surface area (Å²) in [5.41, 5.74) is 5.70. The van der Waals surface area contributed by atoms with E-state index < -0.39 is 0 Å². The third kappa shape index (κ3) is 4.39. The first-order valence-electron chi connectivity index (χ1n) is 6.36. The predicted molar refractivity (Wildman–Crippen MR) is 66.2 cm³/mol. The Kier molecular flexibility index (Phi) is 5.60. The molecule has 1 atom stereocenters. The number of carbonyl (C=O) groups excluding carboxylic acids is 1. The average Bonchev–Trinajstić information content (AvgIpc) is 2.50. The summed E-state index contributed by atoms with van der Waals surface area (Å²) in [4.78, 5) is 13.8. The molecule has 1 rings (SSSR count). The quantitative estimate of drug-likeness (QED) is 0.766. The first-order valence-corrected chi connectivity index (χ1v) is 6.36. The van der Waals surface area contributed by atoms with Crippen LogP contribution in [0.4, 0.5) is 4.79 Å². The number of amides is 2. The summed E-state index contributed by atoms with van der Waals surface area (Å²) >= 11 is 0. The Balaban J connectivity index is 2.40. The van der Waals surface area contributed by atoms with Crippen molar-refractivity contribution in [2.75, 3.05) is 26.2 Å². The lowest BCUT2D eigenvalue weighted by Crippen LogP contribution is -2.44. The minimum atomic E-state index is 0.0778. The summed E-state index contributed by atoms with van der Waals surface area (Å²) in [5.74, 6) is 0.980. The van der Waals surface area contributed by atoms with Crippen molar-refractivity contribution in [3.05, 3.63) is 0 Å². The Morgan fingerprint density at radius 2 is 2.25 bits per heavy atom. The van der Waals surface area contributed by atoms with Crippen LogP contribution in [-0.2, 0) is 0 Å². The van der Waals surface area contributed by atoms with E-state index in [2.05, 4.69) is 19.2 Å². The van der Waals surface area contributed by atoms with Gasteiger partial charge in [0.1, 0.15) is 0 Å². The number of hydrogen-bond acceptors (Lipinski definition) is 2. The van der Waals surface area contributed by atoms with Crippen LogP contribution in [0.15, 0.2) is 0 Å². The Morgan fingerprint density at radius 3 is 2.88 bits per heavy atom. The largest absolute Gasteiger partial charge is 0.338 e. The van der Waals surface area contributed by atoms with Gasteiger partial charge in [-0.2, -0.15) is 0 Å². The lowest BCUT2D eigenvalue weighted by molar-refractivity contribution is 0.191. The summed E-state index contributed by atoms with van der Waals surface area (Å²) in [7, 11) is 0. The highest BCUT2D eigenvalue weighted by molar-refractivity contribution is 5.74. The molecular weight excluding hydrogens is 202 g/mol. The minimum absolute atomic E-state index is 0.0778. The zero-order valence-electron chi connectivity index (χ0n) is 10.5. The molecule has 4 nitrogen and oxygen atoms in total. The molecule has 1 aliphatic heterocycles. The molecule has 2 amide bonds. The fourth-order valence-electron chi connectivity index (χ4n) is 2.01. The molecule has 4 heteroatoms. The molecule has 0 aliphatic carbocycles. The van der Waals surface area contributed by atoms with Gasteiger partial charge in [-0.15, -0.1) is 0 Å². The van der Waals surface area contributed by atoms with Gasteiger partial charge in [-0.1, -0.05) is 20.3 Å². The number of carbonyl (C=O) groups is 1. The number of nitrogens with two attached hydrogens (primary N) is 1. The molecule has 1 fully saturated rings. The van der Waals surface area contributed by atoms with Crippen LogP contribution in [-0.4, -0.2) is 37.1 Å². The van der Waals surface area contributed by atoms with Crippen LogP contribution >= 0.6 is 0 Å². The van der Waals surface area contributed by atoms with Gasteiger partial charge >= 0.3 is 6.03 Å². The maximum absolute atomic E-state index is 11.9. The zero-order valence-corrected chi connectivity index (χ0v) is 10.5. The molecule has 1 unspecified atom stereocenters. The highest BCUT2D eigenvalue weighted by Gasteiger charge is 2.20. The summed E-state index contributed by atoms with van der Waals surface area (Å²) in [6.45, 7) is 7.34. The molecule has 16 heavy (non-hydrogen) atoms. The van der Waals surface area contributed by atoms with Crippen LogP contribution in [0.5, 0.6) is 0 Å². The normalized spacial score (nSPS) is 22.0. The third-order valence-corrected chi connectivity index (χ3v) is 3.05. The molecular formula is C12H25N3O. The van der Waals surface area contributed by atoms with Crippen LogP contribution < -0.4 is 11.1 Å². The lowest BCUT2D eigenvalue weighted by atomic mass is 10.0. The Bertz CT molecular complexity index is 218. The van der Waals surface area contributed by atoms with Crippen molar-refractivity contribution in [2.24, 2.45) is 17.6 Å². The second-order valence-corrected chi connectivity index (χ2v) is 5.12. The average molecular weight is 227 g/mol. The van der Waals surface area contributed by atoms with Crippen molar-refractivity contribution in [2.45, 2.75) is 33.1 Å². The van der Waals surface area contributed by atoms with Crippen LogP contribution in [0.2, 0.25) is 0 Å². The van der Waals surface area contributed by atoms with Gasteiger partial charge in [0.15, 0.2) is 0 Å². The molecule has 0 aromatic heterocycles. The molecule has 0 spiro atoms. The van der Waals surface area contributed by atoms with Gasteiger partial charge in [0, 0.05) is 19.6 Å². The van der Waals surface area contributed by atoms with E-state index in [0.717, 1.165) is 32.5 Å². The number of urea groups is 1. The van der Waals surface area contributed by atoms with Crippen molar-refractivity contribution in [3.63, 3.8) is 0 Å². The monoisotopic (exact) mass is 227 g/mol. The van der Waals surface area contributed by atoms with Gasteiger partial charge in [-0.05, 0) is 31.2 Å². The first-order chi connectivity index (χ1) is 7.63. The van der Waals surface area contributed by atoms with E-state index in [0.29, 0.717) is 18.4 Å². The third-order valence-electron chi connectivity index (χ3n) is 3.05. The molecule has 1 aliphatic rings. The molecule has 0 radical (unpaired) electrons. The maximum Gasteiger partial charge on any atom is 0.317 e. The molecule has 1 saturated heterocycles. The number of nitrogens with zero attached hydrogens (tertiary/aromatic N) is 1. The number of hydrogen-bond donors (Lipinski definition) is 2. The van der Waals surface area contributed by atoms with Gasteiger partial charge in [-0.3, -0.25) is 0 Å². The smallest absolute Gasteiger partial charge is 0.317 e. The van der Waals surface area contributed by atoms with Crippen molar-refractivity contribution in [1.29, 1.82) is 0 Å². The van der Waals surface area contributed by atoms with Gasteiger partial charge in [0.25, 0.3) is 0 Å². The number of likely N-dealkylation sites (tertiary alicyclic amines) is 1. The van der Waals surface area contributed by atoms with E-state index in [1.165, 1.54) is 6.42 Å². The molecule has 0 aromatic rings. The summed E-state index contributed by atoms with van der Waals surface area (Å²) in [6.07, 6.45) is 3.45. The molecule has 0 aromatic carbocycles. The van der Waals surface area contributed by atoms with Gasteiger partial charge in [0.05, 0.1) is 0 Å². The Labute approximate surface area is 98.6 Å². The highest BCUT2D eigenvalue weighted by Crippen LogP contribution is 2.15. The highest BCUT2D eigenvalue weighted by atomic mass is 16.2. The van der Waals surface area contributed by atoms with Crippen LogP contribution in [0.25, 0.3) is 0 Å². The van der Waals surface area contributed by atoms with Gasteiger partial charge in [-0.25, -0.2) is 4.79 Å². The van der Waals surface area contributed by atoms with Crippen molar-refractivity contribution >= 4 is 6.03 Å². The standard InChI is InChI=1S/C12H25N3O/c1-10(2)8-14-12(16)15-6-4-3-5-11(7-13)9-15/h10-11H,3-9,13H2,1-2H3,(H,14,16). The fourth-order valence-corrected chi connectivity index (χ4v) is 2.01. The summed E-state index contributed by atoms with van der Waals surface area (Å²) in [5, 5.41) is 2.97. The van der Waals surface area contributed by atoms with E-state index >= 15 is 0 Å². The predicted octanol–water partition coefficient (Wildman–Crippen LogP) is 1.41. The zero-order chi connectivity index (χ0) is 12.0. The lowest BCUT2D eigenvalue weighted by Gasteiger charge is -2.24. The fraction of sp³-hybridized carbons (Fsp3) is 0.917. The SMILES string of the molecule is CC(C)CNC(=O)N1CCCCC(CN)C1. The van der Waals surface area contributed by atoms with Crippen LogP contribution in [0.1, 0.15) is 33.1 Å². The maximum atomic E-state index is 11.9. The topological polar surface area (TPSA) is 58.4 Å². The van der Waals surface area contributed by atoms with E-state index in [4.69, 9.17) is 5.73 Å². The number of nitrogens with one attached hydrogen (secondary N) is 1. The van der Waals surface area contributed by atoms with E-state index in [-0.39, 0.29) is 6.03 Å². The van der Waals surface area contributed by atoms with Gasteiger partial charge in [0.2, 0.25) is 0 Å². The molecule has 0 saturated carbocycles. The van der Waals surface area contributed by atoms with Crippen molar-refractivity contribution < 1.29 is 4.79 Å². The Hall–Kier alpha value is -0.770. The second kappa shape index (κ2) is 6.74. The molecule has 94 valence electrons. The van der Waals surface area contributed by atoms with E-state index in [1.54, 1.807) is 0 Å². The molecule has 1 heterocycles. The van der Waals surface area contributed by atoms with Crippen molar-refractivity contribution in [3.8, 4) is 0 Å². The van der Waals surface area contributed by atoms with Crippen LogP contribution in [0.3, 0.4) is 0 Å². The van der Waals surface area contributed by atoms with E-state index in [1.807, 2.05) is 4.90 Å². The van der Waals surface area contributed by atoms with E-state index in [9.17, 15) is 4.79 Å². The summed E-state index contributed by atoms with van der Waals surface area (Å²) < 4.78 is 0. The minimum Gasteiger partial charge on any atom is -0.338 e. The Morgan fingerprint density at radius 1 is 1.50 bits per heavy atom. The molecule has 0 bridgehead atoms. The summed E-state index contributed by atoms with van der Waals surface area (Å²) in [6, 6.07) is 0.0778. The van der Waals surface area contributed by atoms with Crippen molar-refractivity contribution in [1.82, 2.24) is 10.2 Å². The first kappa shape index (κ1) is 13.3. The van der Waals surface area contributed by atoms with Crippen LogP contribution in [0, 0.1) is 11.8 Å². The number of rotatable bonds is 3. The second-order valence-electron chi connectivity index (χ2n) is 5.12.